The second-order valence-corrected chi connectivity index (χ2v) is 6.74. The van der Waals surface area contributed by atoms with Crippen molar-refractivity contribution >= 4 is 0 Å². The molecule has 2 atom stereocenters. The minimum atomic E-state index is 0.859. The van der Waals surface area contributed by atoms with Crippen molar-refractivity contribution in [1.82, 2.24) is 0 Å². The van der Waals surface area contributed by atoms with Gasteiger partial charge in [0, 0.05) is 0 Å². The predicted molar refractivity (Wildman–Crippen MR) is 88.6 cm³/mol. The zero-order valence-electron chi connectivity index (χ0n) is 14.7. The summed E-state index contributed by atoms with van der Waals surface area (Å²) in [5.41, 5.74) is 0. The molecule has 0 fully saturated rings. The van der Waals surface area contributed by atoms with Crippen LogP contribution in [0, 0.1) is 0 Å². The van der Waals surface area contributed by atoms with Crippen LogP contribution >= 0.6 is 0 Å². The first kappa shape index (κ1) is 19.0. The average Bonchev–Trinajstić information content (AvgIpc) is 2.39. The van der Waals surface area contributed by atoms with Gasteiger partial charge in [-0.05, 0) is 38.5 Å². The van der Waals surface area contributed by atoms with Crippen molar-refractivity contribution in [2.75, 3.05) is 14.1 Å². The standard InChI is InChI=1S/C18H40N/c1-7-11-13-15-17(9-3)19(5,6)18(10-4)16-14-12-8-2/h17-18H,7-16H2,1-6H3/q+1. The molecule has 1 heteroatoms. The van der Waals surface area contributed by atoms with E-state index < -0.39 is 0 Å². The van der Waals surface area contributed by atoms with Gasteiger partial charge in [0.05, 0.1) is 26.2 Å². The lowest BCUT2D eigenvalue weighted by Crippen LogP contribution is -2.55. The largest absolute Gasteiger partial charge is 0.324 e. The monoisotopic (exact) mass is 270 g/mol. The second kappa shape index (κ2) is 10.7. The van der Waals surface area contributed by atoms with Crippen LogP contribution in [-0.2, 0) is 0 Å². The second-order valence-electron chi connectivity index (χ2n) is 6.74. The van der Waals surface area contributed by atoms with E-state index in [1.54, 1.807) is 0 Å². The van der Waals surface area contributed by atoms with Gasteiger partial charge < -0.3 is 4.48 Å². The molecule has 0 N–H and O–H groups in total. The minimum Gasteiger partial charge on any atom is -0.324 e. The third-order valence-corrected chi connectivity index (χ3v) is 5.11. The first-order chi connectivity index (χ1) is 9.04. The molecule has 0 aliphatic heterocycles. The van der Waals surface area contributed by atoms with Gasteiger partial charge in [0.15, 0.2) is 0 Å². The maximum atomic E-state index is 2.49. The molecule has 0 radical (unpaired) electrons. The third-order valence-electron chi connectivity index (χ3n) is 5.11. The minimum absolute atomic E-state index is 0.859. The molecule has 0 heterocycles. The van der Waals surface area contributed by atoms with E-state index >= 15 is 0 Å². The normalized spacial score (nSPS) is 15.5. The number of nitrogens with zero attached hydrogens (tertiary/aromatic N) is 1. The van der Waals surface area contributed by atoms with E-state index in [1.165, 1.54) is 68.7 Å². The number of rotatable bonds is 12. The summed E-state index contributed by atoms with van der Waals surface area (Å²) in [5.74, 6) is 0. The Balaban J connectivity index is 4.45. The molecule has 0 aromatic heterocycles. The molecule has 19 heavy (non-hydrogen) atoms. The van der Waals surface area contributed by atoms with Crippen molar-refractivity contribution in [2.45, 2.75) is 104 Å². The summed E-state index contributed by atoms with van der Waals surface area (Å²) in [6, 6.07) is 1.72. The fourth-order valence-electron chi connectivity index (χ4n) is 3.57. The van der Waals surface area contributed by atoms with Crippen molar-refractivity contribution in [3.63, 3.8) is 0 Å². The van der Waals surface area contributed by atoms with Gasteiger partial charge in [0.1, 0.15) is 0 Å². The van der Waals surface area contributed by atoms with E-state index in [-0.39, 0.29) is 0 Å². The summed E-state index contributed by atoms with van der Waals surface area (Å²) in [6.45, 7) is 9.38. The first-order valence-corrected chi connectivity index (χ1v) is 8.87. The van der Waals surface area contributed by atoms with Crippen LogP contribution in [0.2, 0.25) is 0 Å². The molecular formula is C18H40N+. The molecule has 0 spiro atoms. The van der Waals surface area contributed by atoms with Gasteiger partial charge in [0.2, 0.25) is 0 Å². The molecule has 0 bridgehead atoms. The molecule has 2 unspecified atom stereocenters. The van der Waals surface area contributed by atoms with Gasteiger partial charge in [-0.1, -0.05) is 53.4 Å². The molecule has 0 amide bonds. The van der Waals surface area contributed by atoms with E-state index in [4.69, 9.17) is 0 Å². The van der Waals surface area contributed by atoms with Crippen LogP contribution in [-0.4, -0.2) is 30.7 Å². The molecule has 0 aliphatic rings. The summed E-state index contributed by atoms with van der Waals surface area (Å²) in [5, 5.41) is 0. The lowest BCUT2D eigenvalue weighted by Gasteiger charge is -2.44. The van der Waals surface area contributed by atoms with Crippen molar-refractivity contribution in [1.29, 1.82) is 0 Å². The summed E-state index contributed by atoms with van der Waals surface area (Å²) >= 11 is 0. The molecular weight excluding hydrogens is 230 g/mol. The molecule has 116 valence electrons. The zero-order chi connectivity index (χ0) is 14.7. The SMILES string of the molecule is CCCCCC(CC)[N+](C)(C)C(CC)CCCCC. The zero-order valence-corrected chi connectivity index (χ0v) is 14.7. The molecule has 1 nitrogen and oxygen atoms in total. The Bertz CT molecular complexity index is 178. The highest BCUT2D eigenvalue weighted by Gasteiger charge is 2.33. The number of quaternary nitrogens is 1. The highest BCUT2D eigenvalue weighted by Crippen LogP contribution is 2.26. The van der Waals surface area contributed by atoms with Gasteiger partial charge in [-0.2, -0.15) is 0 Å². The Morgan fingerprint density at radius 1 is 0.632 bits per heavy atom. The number of unbranched alkanes of at least 4 members (excludes halogenated alkanes) is 4. The van der Waals surface area contributed by atoms with Crippen LogP contribution in [0.15, 0.2) is 0 Å². The van der Waals surface area contributed by atoms with Crippen molar-refractivity contribution in [3.8, 4) is 0 Å². The summed E-state index contributed by atoms with van der Waals surface area (Å²) in [4.78, 5) is 0. The Morgan fingerprint density at radius 3 is 1.26 bits per heavy atom. The van der Waals surface area contributed by atoms with Gasteiger partial charge in [-0.25, -0.2) is 0 Å². The fourth-order valence-corrected chi connectivity index (χ4v) is 3.57. The Hall–Kier alpha value is -0.0400. The van der Waals surface area contributed by atoms with E-state index in [2.05, 4.69) is 41.8 Å². The average molecular weight is 271 g/mol. The quantitative estimate of drug-likeness (QED) is 0.311. The summed E-state index contributed by atoms with van der Waals surface area (Å²) in [7, 11) is 4.97. The van der Waals surface area contributed by atoms with E-state index in [0.29, 0.717) is 0 Å². The molecule has 0 saturated carbocycles. The van der Waals surface area contributed by atoms with Crippen molar-refractivity contribution < 1.29 is 4.48 Å². The van der Waals surface area contributed by atoms with Gasteiger partial charge in [0.25, 0.3) is 0 Å². The van der Waals surface area contributed by atoms with E-state index in [9.17, 15) is 0 Å². The number of hydrogen-bond donors (Lipinski definition) is 0. The van der Waals surface area contributed by atoms with Crippen molar-refractivity contribution in [2.24, 2.45) is 0 Å². The fraction of sp³-hybridized carbons (Fsp3) is 1.00. The van der Waals surface area contributed by atoms with Crippen LogP contribution in [0.25, 0.3) is 0 Å². The molecule has 0 aromatic rings. The lowest BCUT2D eigenvalue weighted by atomic mass is 9.96. The predicted octanol–water partition coefficient (Wildman–Crippen LogP) is 5.78. The summed E-state index contributed by atoms with van der Waals surface area (Å²) in [6.07, 6.45) is 13.8. The number of hydrogen-bond acceptors (Lipinski definition) is 0. The maximum Gasteiger partial charge on any atom is 0.0885 e. The van der Waals surface area contributed by atoms with Gasteiger partial charge >= 0.3 is 0 Å². The van der Waals surface area contributed by atoms with Crippen LogP contribution in [0.4, 0.5) is 0 Å². The Labute approximate surface area is 123 Å². The van der Waals surface area contributed by atoms with E-state index in [1.807, 2.05) is 0 Å². The molecule has 0 aliphatic carbocycles. The summed E-state index contributed by atoms with van der Waals surface area (Å²) < 4.78 is 1.25. The topological polar surface area (TPSA) is 0 Å². The lowest BCUT2D eigenvalue weighted by molar-refractivity contribution is -0.939. The van der Waals surface area contributed by atoms with E-state index in [0.717, 1.165) is 12.1 Å². The highest BCUT2D eigenvalue weighted by molar-refractivity contribution is 4.64. The Morgan fingerprint density at radius 2 is 1.00 bits per heavy atom. The molecule has 0 rings (SSSR count). The smallest absolute Gasteiger partial charge is 0.0885 e. The van der Waals surface area contributed by atoms with Crippen LogP contribution < -0.4 is 0 Å². The highest BCUT2D eigenvalue weighted by atomic mass is 15.4. The van der Waals surface area contributed by atoms with Crippen LogP contribution in [0.5, 0.6) is 0 Å². The van der Waals surface area contributed by atoms with Crippen LogP contribution in [0.1, 0.15) is 91.9 Å². The van der Waals surface area contributed by atoms with Crippen LogP contribution in [0.3, 0.4) is 0 Å². The van der Waals surface area contributed by atoms with Gasteiger partial charge in [-0.3, -0.25) is 0 Å². The molecule has 0 saturated heterocycles. The maximum absolute atomic E-state index is 2.49. The molecule has 0 aromatic carbocycles. The first-order valence-electron chi connectivity index (χ1n) is 8.87. The third kappa shape index (κ3) is 6.79. The van der Waals surface area contributed by atoms with Crippen molar-refractivity contribution in [3.05, 3.63) is 0 Å². The Kier molecular flexibility index (Phi) is 10.7. The van der Waals surface area contributed by atoms with Gasteiger partial charge in [-0.15, -0.1) is 0 Å².